The number of benzene rings is 2. The molecule has 2 heterocycles. The molecule has 148 valence electrons. The van der Waals surface area contributed by atoms with Crippen molar-refractivity contribution in [1.82, 2.24) is 4.90 Å². The van der Waals surface area contributed by atoms with Crippen LogP contribution in [-0.2, 0) is 14.4 Å². The molecule has 2 aliphatic heterocycles. The van der Waals surface area contributed by atoms with Gasteiger partial charge < -0.3 is 10.2 Å². The molecule has 0 atom stereocenters. The van der Waals surface area contributed by atoms with Crippen molar-refractivity contribution in [3.63, 3.8) is 0 Å². The van der Waals surface area contributed by atoms with Crippen molar-refractivity contribution < 1.29 is 14.4 Å². The standard InChI is InChI=1S/C22H20ClN3O3/c1-14(27)24-16-10-8-15(9-11-16)19-20(25-12-4-5-13-25)22(29)26(21(19)28)18-7-3-2-6-17(18)23/h2-3,6-11H,4-5,12-13H2,1H3,(H,24,27). The molecule has 0 bridgehead atoms. The number of rotatable bonds is 4. The van der Waals surface area contributed by atoms with Gasteiger partial charge in [0.2, 0.25) is 5.91 Å². The second-order valence-corrected chi connectivity index (χ2v) is 7.48. The van der Waals surface area contributed by atoms with Gasteiger partial charge in [-0.3, -0.25) is 14.4 Å². The summed E-state index contributed by atoms with van der Waals surface area (Å²) in [5.41, 5.74) is 2.43. The average Bonchev–Trinajstić information content (AvgIpc) is 3.29. The summed E-state index contributed by atoms with van der Waals surface area (Å²) in [5, 5.41) is 3.05. The van der Waals surface area contributed by atoms with E-state index in [2.05, 4.69) is 5.32 Å². The molecule has 2 aromatic rings. The molecule has 1 saturated heterocycles. The summed E-state index contributed by atoms with van der Waals surface area (Å²) in [6.07, 6.45) is 1.96. The van der Waals surface area contributed by atoms with Gasteiger partial charge >= 0.3 is 0 Å². The minimum absolute atomic E-state index is 0.174. The highest BCUT2D eigenvalue weighted by molar-refractivity contribution is 6.47. The third kappa shape index (κ3) is 3.51. The Bertz CT molecular complexity index is 1020. The maximum Gasteiger partial charge on any atom is 0.282 e. The van der Waals surface area contributed by atoms with Crippen LogP contribution in [0.1, 0.15) is 25.3 Å². The van der Waals surface area contributed by atoms with Crippen molar-refractivity contribution in [2.45, 2.75) is 19.8 Å². The Balaban J connectivity index is 1.79. The maximum atomic E-state index is 13.4. The number of amides is 3. The SMILES string of the molecule is CC(=O)Nc1ccc(C2=C(N3CCCC3)C(=O)N(c3ccccc3Cl)C2=O)cc1. The number of likely N-dealkylation sites (tertiary alicyclic amines) is 1. The predicted octanol–water partition coefficient (Wildman–Crippen LogP) is 3.68. The summed E-state index contributed by atoms with van der Waals surface area (Å²) >= 11 is 6.29. The molecule has 2 aliphatic rings. The van der Waals surface area contributed by atoms with E-state index in [9.17, 15) is 14.4 Å². The number of nitrogens with one attached hydrogen (secondary N) is 1. The molecule has 0 spiro atoms. The van der Waals surface area contributed by atoms with Gasteiger partial charge in [-0.25, -0.2) is 4.90 Å². The highest BCUT2D eigenvalue weighted by atomic mass is 35.5. The first-order chi connectivity index (χ1) is 14.0. The summed E-state index contributed by atoms with van der Waals surface area (Å²) in [4.78, 5) is 41.1. The minimum atomic E-state index is -0.391. The van der Waals surface area contributed by atoms with Crippen LogP contribution >= 0.6 is 11.6 Å². The van der Waals surface area contributed by atoms with E-state index in [0.29, 0.717) is 33.2 Å². The second-order valence-electron chi connectivity index (χ2n) is 7.07. The number of anilines is 2. The number of carbonyl (C=O) groups excluding carboxylic acids is 3. The number of hydrogen-bond donors (Lipinski definition) is 1. The lowest BCUT2D eigenvalue weighted by molar-refractivity contribution is -0.120. The van der Waals surface area contributed by atoms with E-state index in [1.54, 1.807) is 48.5 Å². The Labute approximate surface area is 173 Å². The molecule has 0 aromatic heterocycles. The van der Waals surface area contributed by atoms with Crippen LogP contribution in [0.3, 0.4) is 0 Å². The quantitative estimate of drug-likeness (QED) is 0.782. The molecular weight excluding hydrogens is 390 g/mol. The van der Waals surface area contributed by atoms with Crippen molar-refractivity contribution in [2.24, 2.45) is 0 Å². The van der Waals surface area contributed by atoms with Gasteiger partial charge in [0, 0.05) is 25.7 Å². The second kappa shape index (κ2) is 7.72. The van der Waals surface area contributed by atoms with E-state index in [1.807, 2.05) is 4.90 Å². The number of carbonyl (C=O) groups is 3. The molecule has 7 heteroatoms. The van der Waals surface area contributed by atoms with Gasteiger partial charge in [0.25, 0.3) is 11.8 Å². The first-order valence-corrected chi connectivity index (χ1v) is 9.85. The number of para-hydroxylation sites is 1. The van der Waals surface area contributed by atoms with E-state index in [-0.39, 0.29) is 11.8 Å². The predicted molar refractivity (Wildman–Crippen MR) is 112 cm³/mol. The molecule has 6 nitrogen and oxygen atoms in total. The zero-order valence-electron chi connectivity index (χ0n) is 15.9. The molecule has 29 heavy (non-hydrogen) atoms. The zero-order chi connectivity index (χ0) is 20.5. The van der Waals surface area contributed by atoms with E-state index in [0.717, 1.165) is 30.8 Å². The first kappa shape index (κ1) is 19.2. The summed E-state index contributed by atoms with van der Waals surface area (Å²) in [6.45, 7) is 2.90. The summed E-state index contributed by atoms with van der Waals surface area (Å²) in [5.74, 6) is -0.921. The van der Waals surface area contributed by atoms with Crippen LogP contribution < -0.4 is 10.2 Å². The van der Waals surface area contributed by atoms with Gasteiger partial charge in [-0.1, -0.05) is 35.9 Å². The molecule has 1 N–H and O–H groups in total. The molecule has 1 fully saturated rings. The van der Waals surface area contributed by atoms with Crippen LogP contribution in [0.4, 0.5) is 11.4 Å². The third-order valence-corrected chi connectivity index (χ3v) is 5.39. The molecule has 0 radical (unpaired) electrons. The monoisotopic (exact) mass is 409 g/mol. The van der Waals surface area contributed by atoms with Crippen molar-refractivity contribution >= 4 is 46.3 Å². The van der Waals surface area contributed by atoms with Gasteiger partial charge in [0.05, 0.1) is 16.3 Å². The number of imide groups is 1. The van der Waals surface area contributed by atoms with Gasteiger partial charge in [-0.05, 0) is 42.7 Å². The Hall–Kier alpha value is -3.12. The molecule has 0 saturated carbocycles. The summed E-state index contributed by atoms with van der Waals surface area (Å²) in [6, 6.07) is 13.8. The Kier molecular flexibility index (Phi) is 5.11. The number of nitrogens with zero attached hydrogens (tertiary/aromatic N) is 2. The molecule has 4 rings (SSSR count). The van der Waals surface area contributed by atoms with Gasteiger partial charge in [-0.15, -0.1) is 0 Å². The van der Waals surface area contributed by atoms with Gasteiger partial charge in [0.15, 0.2) is 0 Å². The Morgan fingerprint density at radius 2 is 1.62 bits per heavy atom. The normalized spacial score (nSPS) is 16.8. The molecule has 2 aromatic carbocycles. The highest BCUT2D eigenvalue weighted by Crippen LogP contribution is 2.38. The smallest absolute Gasteiger partial charge is 0.282 e. The lowest BCUT2D eigenvalue weighted by atomic mass is 10.0. The van der Waals surface area contributed by atoms with Gasteiger partial charge in [0.1, 0.15) is 5.70 Å². The molecule has 3 amide bonds. The Morgan fingerprint density at radius 1 is 0.966 bits per heavy atom. The minimum Gasteiger partial charge on any atom is -0.366 e. The Morgan fingerprint density at radius 3 is 2.24 bits per heavy atom. The fourth-order valence-corrected chi connectivity index (χ4v) is 4.01. The molecule has 0 unspecified atom stereocenters. The number of hydrogen-bond acceptors (Lipinski definition) is 4. The van der Waals surface area contributed by atoms with E-state index < -0.39 is 5.91 Å². The fraction of sp³-hybridized carbons (Fsp3) is 0.227. The van der Waals surface area contributed by atoms with E-state index >= 15 is 0 Å². The molecular formula is C22H20ClN3O3. The lowest BCUT2D eigenvalue weighted by Crippen LogP contribution is -2.34. The van der Waals surface area contributed by atoms with Crippen LogP contribution in [0.5, 0.6) is 0 Å². The van der Waals surface area contributed by atoms with Gasteiger partial charge in [-0.2, -0.15) is 0 Å². The van der Waals surface area contributed by atoms with E-state index in [4.69, 9.17) is 11.6 Å². The topological polar surface area (TPSA) is 69.7 Å². The van der Waals surface area contributed by atoms with Crippen molar-refractivity contribution in [1.29, 1.82) is 0 Å². The van der Waals surface area contributed by atoms with Crippen LogP contribution in [0.25, 0.3) is 5.57 Å². The zero-order valence-corrected chi connectivity index (χ0v) is 16.7. The van der Waals surface area contributed by atoms with E-state index in [1.165, 1.54) is 6.92 Å². The maximum absolute atomic E-state index is 13.4. The van der Waals surface area contributed by atoms with Crippen LogP contribution in [0.15, 0.2) is 54.2 Å². The first-order valence-electron chi connectivity index (χ1n) is 9.48. The van der Waals surface area contributed by atoms with Crippen molar-refractivity contribution in [3.8, 4) is 0 Å². The van der Waals surface area contributed by atoms with Crippen molar-refractivity contribution in [3.05, 3.63) is 64.8 Å². The van der Waals surface area contributed by atoms with Crippen LogP contribution in [-0.4, -0.2) is 35.7 Å². The van der Waals surface area contributed by atoms with Crippen LogP contribution in [0, 0.1) is 0 Å². The highest BCUT2D eigenvalue weighted by Gasteiger charge is 2.43. The fourth-order valence-electron chi connectivity index (χ4n) is 3.79. The summed E-state index contributed by atoms with van der Waals surface area (Å²) in [7, 11) is 0. The number of halogens is 1. The van der Waals surface area contributed by atoms with Crippen LogP contribution in [0.2, 0.25) is 5.02 Å². The summed E-state index contributed by atoms with van der Waals surface area (Å²) < 4.78 is 0. The van der Waals surface area contributed by atoms with Crippen molar-refractivity contribution in [2.75, 3.05) is 23.3 Å². The third-order valence-electron chi connectivity index (χ3n) is 5.07. The lowest BCUT2D eigenvalue weighted by Gasteiger charge is -2.20. The molecule has 0 aliphatic carbocycles. The largest absolute Gasteiger partial charge is 0.366 e. The average molecular weight is 410 g/mol.